The third-order valence-corrected chi connectivity index (χ3v) is 6.78. The highest BCUT2D eigenvalue weighted by atomic mass is 79.9. The molecule has 4 aromatic carbocycles. The van der Waals surface area contributed by atoms with Crippen molar-refractivity contribution in [3.8, 4) is 11.1 Å². The van der Waals surface area contributed by atoms with Crippen LogP contribution in [0.25, 0.3) is 11.1 Å². The molecule has 0 aromatic heterocycles. The Morgan fingerprint density at radius 2 is 1.47 bits per heavy atom. The fourth-order valence-electron chi connectivity index (χ4n) is 4.96. The molecule has 4 aromatic rings. The van der Waals surface area contributed by atoms with Crippen molar-refractivity contribution in [2.45, 2.75) is 19.3 Å². The van der Waals surface area contributed by atoms with Crippen LogP contribution in [0.5, 0.6) is 0 Å². The van der Waals surface area contributed by atoms with E-state index in [2.05, 4.69) is 103 Å². The van der Waals surface area contributed by atoms with Crippen molar-refractivity contribution < 1.29 is 4.79 Å². The summed E-state index contributed by atoms with van der Waals surface area (Å²) in [4.78, 5) is 11.3. The van der Waals surface area contributed by atoms with E-state index >= 15 is 0 Å². The van der Waals surface area contributed by atoms with Gasteiger partial charge in [0.15, 0.2) is 0 Å². The number of aryl methyl sites for hydroxylation is 2. The van der Waals surface area contributed by atoms with E-state index in [1.165, 1.54) is 44.5 Å². The zero-order chi connectivity index (χ0) is 20.9. The second kappa shape index (κ2) is 7.07. The van der Waals surface area contributed by atoms with Gasteiger partial charge in [0.2, 0.25) is 0 Å². The van der Waals surface area contributed by atoms with Crippen LogP contribution < -0.4 is 0 Å². The van der Waals surface area contributed by atoms with Gasteiger partial charge in [-0.05, 0) is 64.9 Å². The van der Waals surface area contributed by atoms with Gasteiger partial charge in [0, 0.05) is 10.0 Å². The highest BCUT2D eigenvalue weighted by molar-refractivity contribution is 9.10. The number of carbonyl (C=O) groups is 1. The van der Waals surface area contributed by atoms with Crippen molar-refractivity contribution in [1.29, 1.82) is 0 Å². The summed E-state index contributed by atoms with van der Waals surface area (Å²) in [7, 11) is 0. The van der Waals surface area contributed by atoms with E-state index in [-0.39, 0.29) is 0 Å². The molecule has 0 N–H and O–H groups in total. The minimum atomic E-state index is -0.437. The lowest BCUT2D eigenvalue weighted by Crippen LogP contribution is -2.29. The van der Waals surface area contributed by atoms with Gasteiger partial charge >= 0.3 is 0 Å². The maximum Gasteiger partial charge on any atom is 0.150 e. The molecule has 5 rings (SSSR count). The molecular weight excluding hydrogens is 432 g/mol. The number of fused-ring (bicyclic) bond motifs is 3. The average Bonchev–Trinajstić information content (AvgIpc) is 3.06. The topological polar surface area (TPSA) is 17.1 Å². The quantitative estimate of drug-likeness (QED) is 0.263. The smallest absolute Gasteiger partial charge is 0.150 e. The zero-order valence-corrected chi connectivity index (χ0v) is 18.5. The lowest BCUT2D eigenvalue weighted by Gasteiger charge is -2.35. The molecule has 0 heterocycles. The Morgan fingerprint density at radius 1 is 0.733 bits per heavy atom. The maximum atomic E-state index is 11.3. The Balaban J connectivity index is 1.98. The lowest BCUT2D eigenvalue weighted by molar-refractivity contribution is 0.112. The van der Waals surface area contributed by atoms with Crippen molar-refractivity contribution in [3.05, 3.63) is 128 Å². The van der Waals surface area contributed by atoms with Gasteiger partial charge in [-0.1, -0.05) is 94.3 Å². The molecule has 1 aliphatic carbocycles. The summed E-state index contributed by atoms with van der Waals surface area (Å²) in [6, 6.07) is 30.1. The Kier molecular flexibility index (Phi) is 4.48. The van der Waals surface area contributed by atoms with E-state index in [9.17, 15) is 4.79 Å². The monoisotopic (exact) mass is 452 g/mol. The van der Waals surface area contributed by atoms with Crippen molar-refractivity contribution in [2.75, 3.05) is 0 Å². The first kappa shape index (κ1) is 19.0. The van der Waals surface area contributed by atoms with Crippen LogP contribution in [0.1, 0.15) is 43.7 Å². The van der Waals surface area contributed by atoms with Crippen LogP contribution in [0.4, 0.5) is 0 Å². The third-order valence-electron chi connectivity index (χ3n) is 6.28. The van der Waals surface area contributed by atoms with Crippen LogP contribution in [0, 0.1) is 13.8 Å². The van der Waals surface area contributed by atoms with Gasteiger partial charge in [0.25, 0.3) is 0 Å². The highest BCUT2D eigenvalue weighted by Crippen LogP contribution is 2.57. The molecule has 0 fully saturated rings. The summed E-state index contributed by atoms with van der Waals surface area (Å²) >= 11 is 3.72. The number of carbonyl (C=O) groups excluding carboxylic acids is 1. The second-order valence-electron chi connectivity index (χ2n) is 8.04. The van der Waals surface area contributed by atoms with Crippen molar-refractivity contribution >= 4 is 22.2 Å². The molecule has 0 amide bonds. The van der Waals surface area contributed by atoms with Crippen molar-refractivity contribution in [2.24, 2.45) is 0 Å². The van der Waals surface area contributed by atoms with E-state index in [4.69, 9.17) is 0 Å². The molecule has 0 saturated carbocycles. The van der Waals surface area contributed by atoms with Crippen molar-refractivity contribution in [1.82, 2.24) is 0 Å². The molecule has 1 unspecified atom stereocenters. The van der Waals surface area contributed by atoms with Gasteiger partial charge in [0.05, 0.1) is 5.41 Å². The van der Waals surface area contributed by atoms with Crippen LogP contribution in [0.15, 0.2) is 89.4 Å². The van der Waals surface area contributed by atoms with Gasteiger partial charge in [-0.15, -0.1) is 0 Å². The van der Waals surface area contributed by atoms with E-state index < -0.39 is 5.41 Å². The van der Waals surface area contributed by atoms with Crippen LogP contribution in [-0.4, -0.2) is 6.29 Å². The number of benzene rings is 4. The predicted molar refractivity (Wildman–Crippen MR) is 126 cm³/mol. The molecule has 146 valence electrons. The molecule has 1 atom stereocenters. The first-order chi connectivity index (χ1) is 14.6. The largest absolute Gasteiger partial charge is 0.298 e. The molecule has 2 heteroatoms. The summed E-state index contributed by atoms with van der Waals surface area (Å²) in [6.07, 6.45) is 0.904. The molecule has 0 saturated heterocycles. The normalized spacial score (nSPS) is 16.8. The van der Waals surface area contributed by atoms with E-state index in [1.54, 1.807) is 0 Å². The van der Waals surface area contributed by atoms with Gasteiger partial charge < -0.3 is 0 Å². The fraction of sp³-hybridized carbons (Fsp3) is 0.107. The Hall–Kier alpha value is -2.97. The first-order valence-corrected chi connectivity index (χ1v) is 10.9. The van der Waals surface area contributed by atoms with Crippen LogP contribution in [-0.2, 0) is 5.41 Å². The highest BCUT2D eigenvalue weighted by Gasteiger charge is 2.46. The number of halogens is 1. The minimum Gasteiger partial charge on any atom is -0.298 e. The number of hydrogen-bond donors (Lipinski definition) is 0. The van der Waals surface area contributed by atoms with Crippen LogP contribution in [0.2, 0.25) is 0 Å². The van der Waals surface area contributed by atoms with Gasteiger partial charge in [-0.2, -0.15) is 0 Å². The molecule has 0 radical (unpaired) electrons. The van der Waals surface area contributed by atoms with Gasteiger partial charge in [0.1, 0.15) is 6.29 Å². The summed E-state index contributed by atoms with van der Waals surface area (Å²) in [5.74, 6) is 0. The average molecular weight is 453 g/mol. The molecule has 1 nitrogen and oxygen atoms in total. The maximum absolute atomic E-state index is 11.3. The molecule has 1 aliphatic rings. The minimum absolute atomic E-state index is 0.437. The Labute approximate surface area is 185 Å². The molecule has 30 heavy (non-hydrogen) atoms. The molecule has 0 aliphatic heterocycles. The molecule has 0 bridgehead atoms. The summed E-state index contributed by atoms with van der Waals surface area (Å²) in [5.41, 5.74) is 10.3. The van der Waals surface area contributed by atoms with Crippen LogP contribution >= 0.6 is 15.9 Å². The standard InChI is InChI=1S/C28H21BrO/c1-18-7-8-19(2)26(15-18)28(21-11-9-20(17-30)10-12-21)25-6-4-3-5-23(25)24-14-13-22(29)16-27(24)28/h3-17H,1-2H3. The van der Waals surface area contributed by atoms with E-state index in [1.807, 2.05) is 12.1 Å². The summed E-state index contributed by atoms with van der Waals surface area (Å²) < 4.78 is 1.06. The van der Waals surface area contributed by atoms with Gasteiger partial charge in [-0.3, -0.25) is 4.79 Å². The van der Waals surface area contributed by atoms with Gasteiger partial charge in [-0.25, -0.2) is 0 Å². The second-order valence-corrected chi connectivity index (χ2v) is 8.96. The number of rotatable bonds is 3. The van der Waals surface area contributed by atoms with Crippen molar-refractivity contribution in [3.63, 3.8) is 0 Å². The Bertz CT molecular complexity index is 1290. The summed E-state index contributed by atoms with van der Waals surface area (Å²) in [5, 5.41) is 0. The Morgan fingerprint density at radius 3 is 2.23 bits per heavy atom. The number of aldehydes is 1. The zero-order valence-electron chi connectivity index (χ0n) is 16.9. The SMILES string of the molecule is Cc1ccc(C)c(C2(c3ccc(C=O)cc3)c3ccccc3-c3ccc(Br)cc32)c1. The third kappa shape index (κ3) is 2.64. The predicted octanol–water partition coefficient (Wildman–Crippen LogP) is 7.24. The van der Waals surface area contributed by atoms with E-state index in [0.717, 1.165) is 10.8 Å². The van der Waals surface area contributed by atoms with E-state index in [0.29, 0.717) is 5.56 Å². The first-order valence-electron chi connectivity index (χ1n) is 10.1. The lowest BCUT2D eigenvalue weighted by atomic mass is 9.66. The molecule has 0 spiro atoms. The van der Waals surface area contributed by atoms with Crippen LogP contribution in [0.3, 0.4) is 0 Å². The number of hydrogen-bond acceptors (Lipinski definition) is 1. The fourth-order valence-corrected chi connectivity index (χ4v) is 5.32. The molecular formula is C28H21BrO. The summed E-state index contributed by atoms with van der Waals surface area (Å²) in [6.45, 7) is 4.34.